The molecule has 1 heterocycles. The van der Waals surface area contributed by atoms with Gasteiger partial charge in [-0.2, -0.15) is 0 Å². The molecule has 0 bridgehead atoms. The van der Waals surface area contributed by atoms with Crippen molar-refractivity contribution in [3.8, 4) is 0 Å². The van der Waals surface area contributed by atoms with Crippen molar-refractivity contribution in [2.75, 3.05) is 25.5 Å². The highest BCUT2D eigenvalue weighted by atomic mass is 16.2. The van der Waals surface area contributed by atoms with Crippen LogP contribution in [0.15, 0.2) is 103 Å². The van der Waals surface area contributed by atoms with Crippen molar-refractivity contribution in [3.05, 3.63) is 131 Å². The third-order valence-electron chi connectivity index (χ3n) is 8.30. The van der Waals surface area contributed by atoms with E-state index in [-0.39, 0.29) is 17.9 Å². The molecule has 9 heteroatoms. The van der Waals surface area contributed by atoms with Crippen LogP contribution in [0.3, 0.4) is 0 Å². The van der Waals surface area contributed by atoms with Crippen LogP contribution in [0.5, 0.6) is 0 Å². The number of nitrogens with zero attached hydrogens (tertiary/aromatic N) is 2. The van der Waals surface area contributed by atoms with Gasteiger partial charge in [-0.3, -0.25) is 9.59 Å². The number of anilines is 1. The van der Waals surface area contributed by atoms with Crippen LogP contribution in [0.4, 0.5) is 5.69 Å². The topological polar surface area (TPSA) is 114 Å². The molecule has 0 unspecified atom stereocenters. The van der Waals surface area contributed by atoms with Crippen LogP contribution in [0.1, 0.15) is 58.7 Å². The van der Waals surface area contributed by atoms with Gasteiger partial charge in [-0.05, 0) is 72.0 Å². The lowest BCUT2D eigenvalue weighted by atomic mass is 9.99. The number of para-hydroxylation sites is 1. The third-order valence-corrected chi connectivity index (χ3v) is 8.30. The summed E-state index contributed by atoms with van der Waals surface area (Å²) in [5, 5.41) is 15.3. The maximum absolute atomic E-state index is 13.7. The van der Waals surface area contributed by atoms with Gasteiger partial charge in [0.25, 0.3) is 5.91 Å². The first-order chi connectivity index (χ1) is 22.9. The maximum Gasteiger partial charge on any atom is 0.251 e. The van der Waals surface area contributed by atoms with Crippen molar-refractivity contribution in [2.45, 2.75) is 51.5 Å². The minimum Gasteiger partial charge on any atom is -0.377 e. The molecule has 9 nitrogen and oxygen atoms in total. The SMILES string of the molecule is C[C@H](NC(=O)[C@H](CCCNCc1ccccc1N(C)C)NC(=O)c1ccc(CNCc2ncc[nH]2)cc1)c1cccc2ccccc12. The molecular formula is C38H45N7O2. The summed E-state index contributed by atoms with van der Waals surface area (Å²) in [6.07, 6.45) is 4.73. The molecule has 0 aliphatic carbocycles. The number of hydrogen-bond donors (Lipinski definition) is 5. The van der Waals surface area contributed by atoms with Crippen molar-refractivity contribution in [3.63, 3.8) is 0 Å². The molecule has 0 aliphatic heterocycles. The summed E-state index contributed by atoms with van der Waals surface area (Å²) < 4.78 is 0. The van der Waals surface area contributed by atoms with Crippen molar-refractivity contribution >= 4 is 28.3 Å². The molecule has 2 amide bonds. The number of rotatable bonds is 16. The fourth-order valence-electron chi connectivity index (χ4n) is 5.77. The number of carbonyl (C=O) groups is 2. The highest BCUT2D eigenvalue weighted by Crippen LogP contribution is 2.24. The van der Waals surface area contributed by atoms with E-state index in [0.29, 0.717) is 38.0 Å². The molecule has 4 aromatic carbocycles. The van der Waals surface area contributed by atoms with Gasteiger partial charge in [-0.25, -0.2) is 4.98 Å². The van der Waals surface area contributed by atoms with E-state index in [2.05, 4.69) is 66.5 Å². The Bertz CT molecular complexity index is 1730. The predicted molar refractivity (Wildman–Crippen MR) is 189 cm³/mol. The molecule has 0 radical (unpaired) electrons. The van der Waals surface area contributed by atoms with Crippen molar-refractivity contribution < 1.29 is 9.59 Å². The smallest absolute Gasteiger partial charge is 0.251 e. The van der Waals surface area contributed by atoms with E-state index in [9.17, 15) is 9.59 Å². The Morgan fingerprint density at radius 3 is 2.38 bits per heavy atom. The van der Waals surface area contributed by atoms with E-state index < -0.39 is 6.04 Å². The number of aromatic amines is 1. The molecule has 5 aromatic rings. The van der Waals surface area contributed by atoms with E-state index in [1.54, 1.807) is 24.5 Å². The lowest BCUT2D eigenvalue weighted by Crippen LogP contribution is -2.47. The van der Waals surface area contributed by atoms with Crippen LogP contribution in [-0.4, -0.2) is 48.5 Å². The third kappa shape index (κ3) is 9.28. The van der Waals surface area contributed by atoms with Gasteiger partial charge in [0, 0.05) is 50.8 Å². The maximum atomic E-state index is 13.7. The molecule has 0 aliphatic rings. The second-order valence-corrected chi connectivity index (χ2v) is 12.0. The monoisotopic (exact) mass is 631 g/mol. The number of fused-ring (bicyclic) bond motifs is 1. The molecule has 2 atom stereocenters. The molecule has 0 spiro atoms. The second-order valence-electron chi connectivity index (χ2n) is 12.0. The number of hydrogen-bond acceptors (Lipinski definition) is 6. The van der Waals surface area contributed by atoms with Gasteiger partial charge in [0.1, 0.15) is 11.9 Å². The number of H-pyrrole nitrogens is 1. The number of benzene rings is 4. The van der Waals surface area contributed by atoms with E-state index >= 15 is 0 Å². The summed E-state index contributed by atoms with van der Waals surface area (Å²) in [5.74, 6) is 0.398. The van der Waals surface area contributed by atoms with Gasteiger partial charge < -0.3 is 31.2 Å². The average molecular weight is 632 g/mol. The fraction of sp³-hybridized carbons (Fsp3) is 0.289. The lowest BCUT2D eigenvalue weighted by Gasteiger charge is -2.23. The van der Waals surface area contributed by atoms with E-state index in [1.165, 1.54) is 11.3 Å². The molecule has 0 saturated carbocycles. The van der Waals surface area contributed by atoms with Crippen LogP contribution < -0.4 is 26.2 Å². The Hall–Kier alpha value is -4.99. The molecular weight excluding hydrogens is 586 g/mol. The minimum absolute atomic E-state index is 0.199. The van der Waals surface area contributed by atoms with Crippen molar-refractivity contribution in [2.24, 2.45) is 0 Å². The number of amides is 2. The van der Waals surface area contributed by atoms with Crippen LogP contribution in [-0.2, 0) is 24.4 Å². The second kappa shape index (κ2) is 16.5. The van der Waals surface area contributed by atoms with E-state index in [4.69, 9.17) is 0 Å². The van der Waals surface area contributed by atoms with Gasteiger partial charge in [0.05, 0.1) is 12.6 Å². The summed E-state index contributed by atoms with van der Waals surface area (Å²) in [5.41, 5.74) is 4.99. The molecule has 0 saturated heterocycles. The number of nitrogens with one attached hydrogen (secondary N) is 5. The van der Waals surface area contributed by atoms with Gasteiger partial charge in [0.15, 0.2) is 0 Å². The van der Waals surface area contributed by atoms with Gasteiger partial charge >= 0.3 is 0 Å². The van der Waals surface area contributed by atoms with Gasteiger partial charge in [-0.1, -0.05) is 72.8 Å². The summed E-state index contributed by atoms with van der Waals surface area (Å²) >= 11 is 0. The Morgan fingerprint density at radius 1 is 0.830 bits per heavy atom. The molecule has 0 fully saturated rings. The lowest BCUT2D eigenvalue weighted by molar-refractivity contribution is -0.123. The van der Waals surface area contributed by atoms with Gasteiger partial charge in [0.2, 0.25) is 5.91 Å². The zero-order valence-corrected chi connectivity index (χ0v) is 27.4. The van der Waals surface area contributed by atoms with Crippen LogP contribution in [0.25, 0.3) is 10.8 Å². The first kappa shape index (κ1) is 33.4. The van der Waals surface area contributed by atoms with Crippen LogP contribution in [0, 0.1) is 0 Å². The Kier molecular flexibility index (Phi) is 11.7. The molecule has 47 heavy (non-hydrogen) atoms. The molecule has 5 N–H and O–H groups in total. The predicted octanol–water partition coefficient (Wildman–Crippen LogP) is 5.46. The van der Waals surface area contributed by atoms with Crippen LogP contribution in [0.2, 0.25) is 0 Å². The highest BCUT2D eigenvalue weighted by molar-refractivity contribution is 5.97. The zero-order chi connectivity index (χ0) is 33.0. The summed E-state index contributed by atoms with van der Waals surface area (Å²) in [6.45, 7) is 4.69. The zero-order valence-electron chi connectivity index (χ0n) is 27.4. The van der Waals surface area contributed by atoms with Gasteiger partial charge in [-0.15, -0.1) is 0 Å². The highest BCUT2D eigenvalue weighted by Gasteiger charge is 2.23. The molecule has 1 aromatic heterocycles. The number of carbonyl (C=O) groups excluding carboxylic acids is 2. The average Bonchev–Trinajstić information content (AvgIpc) is 3.61. The molecule has 5 rings (SSSR count). The standard InChI is InChI=1S/C38H45N7O2/c1-27(32-14-8-12-29-10-4-6-13-33(29)32)43-38(47)34(15-9-21-39-25-31-11-5-7-16-35(31)45(2)3)44-37(46)30-19-17-28(18-20-30)24-40-26-36-41-22-23-42-36/h4-8,10-14,16-20,22-23,27,34,39-40H,9,15,21,24-26H2,1-3H3,(H,41,42)(H,43,47)(H,44,46)/t27-,34-/m0/s1. The number of imidazole rings is 1. The fourth-order valence-corrected chi connectivity index (χ4v) is 5.77. The van der Waals surface area contributed by atoms with Crippen molar-refractivity contribution in [1.29, 1.82) is 0 Å². The van der Waals surface area contributed by atoms with Crippen LogP contribution >= 0.6 is 0 Å². The summed E-state index contributed by atoms with van der Waals surface area (Å²) in [7, 11) is 4.08. The van der Waals surface area contributed by atoms with E-state index in [0.717, 1.165) is 34.3 Å². The largest absolute Gasteiger partial charge is 0.377 e. The Balaban J connectivity index is 1.21. The Morgan fingerprint density at radius 2 is 1.60 bits per heavy atom. The Labute approximate surface area is 277 Å². The normalized spacial score (nSPS) is 12.4. The summed E-state index contributed by atoms with van der Waals surface area (Å²) in [4.78, 5) is 36.5. The first-order valence-corrected chi connectivity index (χ1v) is 16.2. The molecule has 244 valence electrons. The van der Waals surface area contributed by atoms with Crippen molar-refractivity contribution in [1.82, 2.24) is 31.2 Å². The first-order valence-electron chi connectivity index (χ1n) is 16.2. The number of aromatic nitrogens is 2. The quantitative estimate of drug-likeness (QED) is 0.0924. The van der Waals surface area contributed by atoms with E-state index in [1.807, 2.05) is 69.6 Å². The summed E-state index contributed by atoms with van der Waals surface area (Å²) in [6, 6.07) is 29.1. The minimum atomic E-state index is -0.689.